The molecule has 1 N–H and O–H groups in total. The number of likely N-dealkylation sites (tertiary alicyclic amines) is 1. The maximum Gasteiger partial charge on any atom is 0.252 e. The van der Waals surface area contributed by atoms with Crippen molar-refractivity contribution in [3.8, 4) is 6.07 Å². The largest absolute Gasteiger partial charge is 0.350 e. The molecule has 4 nitrogen and oxygen atoms in total. The molecular formula is C25H25N3OS2. The molecule has 1 aliphatic rings. The number of rotatable bonds is 8. The predicted molar refractivity (Wildman–Crippen MR) is 127 cm³/mol. The van der Waals surface area contributed by atoms with Gasteiger partial charge in [-0.3, -0.25) is 9.69 Å². The highest BCUT2D eigenvalue weighted by molar-refractivity contribution is 7.98. The minimum absolute atomic E-state index is 0.0244. The molecule has 0 radical (unpaired) electrons. The van der Waals surface area contributed by atoms with Crippen molar-refractivity contribution in [2.45, 2.75) is 29.5 Å². The average Bonchev–Trinajstić information content (AvgIpc) is 3.53. The zero-order valence-corrected chi connectivity index (χ0v) is 18.9. The second-order valence-electron chi connectivity index (χ2n) is 7.58. The normalized spacial score (nSPS) is 14.8. The third-order valence-electron chi connectivity index (χ3n) is 5.52. The van der Waals surface area contributed by atoms with Crippen LogP contribution in [-0.2, 0) is 5.75 Å². The van der Waals surface area contributed by atoms with Crippen molar-refractivity contribution in [3.63, 3.8) is 0 Å². The molecule has 3 aromatic rings. The molecule has 158 valence electrons. The van der Waals surface area contributed by atoms with Gasteiger partial charge in [0.1, 0.15) is 0 Å². The Morgan fingerprint density at radius 3 is 2.58 bits per heavy atom. The molecule has 1 fully saturated rings. The summed E-state index contributed by atoms with van der Waals surface area (Å²) >= 11 is 3.41. The second kappa shape index (κ2) is 10.6. The van der Waals surface area contributed by atoms with E-state index in [1.54, 1.807) is 23.1 Å². The number of nitrogens with zero attached hydrogens (tertiary/aromatic N) is 2. The summed E-state index contributed by atoms with van der Waals surface area (Å²) in [4.78, 5) is 17.8. The number of thioether (sulfide) groups is 1. The lowest BCUT2D eigenvalue weighted by Crippen LogP contribution is -2.36. The lowest BCUT2D eigenvalue weighted by Gasteiger charge is -2.27. The van der Waals surface area contributed by atoms with E-state index >= 15 is 0 Å². The third kappa shape index (κ3) is 5.56. The van der Waals surface area contributed by atoms with E-state index in [1.807, 2.05) is 48.5 Å². The van der Waals surface area contributed by atoms with Gasteiger partial charge in [-0.1, -0.05) is 30.3 Å². The molecule has 2 aromatic carbocycles. The van der Waals surface area contributed by atoms with E-state index in [-0.39, 0.29) is 11.9 Å². The van der Waals surface area contributed by atoms with E-state index < -0.39 is 0 Å². The van der Waals surface area contributed by atoms with Crippen molar-refractivity contribution in [1.82, 2.24) is 10.2 Å². The monoisotopic (exact) mass is 447 g/mol. The van der Waals surface area contributed by atoms with Gasteiger partial charge in [0.05, 0.1) is 23.2 Å². The molecule has 1 unspecified atom stereocenters. The fraction of sp³-hybridized carbons (Fsp3) is 0.280. The molecule has 1 aliphatic heterocycles. The van der Waals surface area contributed by atoms with E-state index in [9.17, 15) is 4.79 Å². The van der Waals surface area contributed by atoms with E-state index in [0.717, 1.165) is 29.3 Å². The van der Waals surface area contributed by atoms with Crippen LogP contribution in [0.2, 0.25) is 0 Å². The SMILES string of the molecule is N#Cc1ccc(CSc2ccccc2C(=O)NCC(c2cccs2)N2CCCC2)cc1. The molecule has 31 heavy (non-hydrogen) atoms. The minimum atomic E-state index is -0.0244. The number of nitrogens with one attached hydrogen (secondary N) is 1. The van der Waals surface area contributed by atoms with Gasteiger partial charge in [0.15, 0.2) is 0 Å². The van der Waals surface area contributed by atoms with Gasteiger partial charge in [-0.2, -0.15) is 5.26 Å². The Hall–Kier alpha value is -2.59. The second-order valence-corrected chi connectivity index (χ2v) is 9.57. The Kier molecular flexibility index (Phi) is 7.42. The maximum atomic E-state index is 13.1. The molecule has 0 saturated carbocycles. The van der Waals surface area contributed by atoms with Crippen LogP contribution in [0.4, 0.5) is 0 Å². The number of hydrogen-bond acceptors (Lipinski definition) is 5. The fourth-order valence-corrected chi connectivity index (χ4v) is 5.71. The number of benzene rings is 2. The first kappa shape index (κ1) is 21.6. The van der Waals surface area contributed by atoms with Crippen LogP contribution in [0, 0.1) is 11.3 Å². The molecular weight excluding hydrogens is 422 g/mol. The summed E-state index contributed by atoms with van der Waals surface area (Å²) < 4.78 is 0. The van der Waals surface area contributed by atoms with Crippen LogP contribution in [0.15, 0.2) is 70.9 Å². The maximum absolute atomic E-state index is 13.1. The van der Waals surface area contributed by atoms with Gasteiger partial charge in [-0.25, -0.2) is 0 Å². The van der Waals surface area contributed by atoms with Crippen molar-refractivity contribution in [1.29, 1.82) is 5.26 Å². The molecule has 1 amide bonds. The Labute approximate surface area is 191 Å². The van der Waals surface area contributed by atoms with Gasteiger partial charge in [0, 0.05) is 22.1 Å². The first-order valence-corrected chi connectivity index (χ1v) is 12.4. The van der Waals surface area contributed by atoms with Crippen molar-refractivity contribution in [3.05, 3.63) is 87.6 Å². The van der Waals surface area contributed by atoms with E-state index in [0.29, 0.717) is 17.7 Å². The van der Waals surface area contributed by atoms with Crippen molar-refractivity contribution < 1.29 is 4.79 Å². The Morgan fingerprint density at radius 2 is 1.87 bits per heavy atom. The van der Waals surface area contributed by atoms with Gasteiger partial charge in [-0.05, 0) is 67.2 Å². The number of hydrogen-bond donors (Lipinski definition) is 1. The predicted octanol–water partition coefficient (Wildman–Crippen LogP) is 5.48. The number of carbonyl (C=O) groups is 1. The summed E-state index contributed by atoms with van der Waals surface area (Å²) in [6.45, 7) is 2.80. The Balaban J connectivity index is 1.41. The van der Waals surface area contributed by atoms with Crippen molar-refractivity contribution >= 4 is 29.0 Å². The van der Waals surface area contributed by atoms with E-state index in [2.05, 4.69) is 33.8 Å². The lowest BCUT2D eigenvalue weighted by atomic mass is 10.1. The number of carbonyl (C=O) groups excluding carboxylic acids is 1. The molecule has 0 spiro atoms. The summed E-state index contributed by atoms with van der Waals surface area (Å²) in [6, 6.07) is 22.0. The van der Waals surface area contributed by atoms with Crippen LogP contribution in [-0.4, -0.2) is 30.4 Å². The topological polar surface area (TPSA) is 56.1 Å². The van der Waals surface area contributed by atoms with Crippen LogP contribution in [0.25, 0.3) is 0 Å². The highest BCUT2D eigenvalue weighted by Crippen LogP contribution is 2.29. The molecule has 0 bridgehead atoms. The summed E-state index contributed by atoms with van der Waals surface area (Å²) in [5, 5.41) is 14.3. The van der Waals surface area contributed by atoms with Gasteiger partial charge in [-0.15, -0.1) is 23.1 Å². The average molecular weight is 448 g/mol. The molecule has 4 rings (SSSR count). The van der Waals surface area contributed by atoms with E-state index in [4.69, 9.17) is 5.26 Å². The fourth-order valence-electron chi connectivity index (χ4n) is 3.85. The van der Waals surface area contributed by atoms with Gasteiger partial charge >= 0.3 is 0 Å². The van der Waals surface area contributed by atoms with Crippen LogP contribution >= 0.6 is 23.1 Å². The summed E-state index contributed by atoms with van der Waals surface area (Å²) in [7, 11) is 0. The molecule has 2 heterocycles. The first-order valence-electron chi connectivity index (χ1n) is 10.5. The van der Waals surface area contributed by atoms with Gasteiger partial charge in [0.25, 0.3) is 5.91 Å². The molecule has 1 saturated heterocycles. The summed E-state index contributed by atoms with van der Waals surface area (Å²) in [6.07, 6.45) is 2.45. The Morgan fingerprint density at radius 1 is 1.10 bits per heavy atom. The molecule has 1 aromatic heterocycles. The number of amides is 1. The standard InChI is InChI=1S/C25H25N3OS2/c26-16-19-9-11-20(12-10-19)18-31-23-7-2-1-6-21(23)25(29)27-17-22(24-8-5-15-30-24)28-13-3-4-14-28/h1-2,5-12,15,22H,3-4,13-14,17-18H2,(H,27,29). The van der Waals surface area contributed by atoms with Gasteiger partial charge < -0.3 is 5.32 Å². The third-order valence-corrected chi connectivity index (χ3v) is 7.64. The molecule has 1 atom stereocenters. The molecule has 0 aliphatic carbocycles. The van der Waals surface area contributed by atoms with Crippen LogP contribution in [0.1, 0.15) is 45.2 Å². The Bertz CT molecular complexity index is 1040. The minimum Gasteiger partial charge on any atom is -0.350 e. The van der Waals surface area contributed by atoms with Crippen LogP contribution in [0.3, 0.4) is 0 Å². The smallest absolute Gasteiger partial charge is 0.252 e. The zero-order chi connectivity index (χ0) is 21.5. The zero-order valence-electron chi connectivity index (χ0n) is 17.3. The summed E-state index contributed by atoms with van der Waals surface area (Å²) in [5.74, 6) is 0.727. The van der Waals surface area contributed by atoms with Crippen molar-refractivity contribution in [2.24, 2.45) is 0 Å². The van der Waals surface area contributed by atoms with Gasteiger partial charge in [0.2, 0.25) is 0 Å². The van der Waals surface area contributed by atoms with Crippen LogP contribution in [0.5, 0.6) is 0 Å². The quantitative estimate of drug-likeness (QED) is 0.465. The lowest BCUT2D eigenvalue weighted by molar-refractivity contribution is 0.0935. The summed E-state index contributed by atoms with van der Waals surface area (Å²) in [5.41, 5.74) is 2.50. The first-order chi connectivity index (χ1) is 15.2. The molecule has 6 heteroatoms. The number of nitriles is 1. The highest BCUT2D eigenvalue weighted by Gasteiger charge is 2.25. The highest BCUT2D eigenvalue weighted by atomic mass is 32.2. The number of thiophene rings is 1. The van der Waals surface area contributed by atoms with Crippen LogP contribution < -0.4 is 5.32 Å². The van der Waals surface area contributed by atoms with E-state index in [1.165, 1.54) is 17.7 Å². The van der Waals surface area contributed by atoms with Crippen molar-refractivity contribution in [2.75, 3.05) is 19.6 Å².